The lowest BCUT2D eigenvalue weighted by atomic mass is 10.1. The number of nitro benzene ring substituents is 1. The van der Waals surface area contributed by atoms with Crippen LogP contribution < -0.4 is 4.74 Å². The van der Waals surface area contributed by atoms with Crippen molar-refractivity contribution in [1.29, 1.82) is 0 Å². The van der Waals surface area contributed by atoms with E-state index in [9.17, 15) is 24.1 Å². The van der Waals surface area contributed by atoms with Crippen molar-refractivity contribution in [2.24, 2.45) is 0 Å². The summed E-state index contributed by atoms with van der Waals surface area (Å²) in [7, 11) is 1.49. The zero-order valence-electron chi connectivity index (χ0n) is 16.8. The van der Waals surface area contributed by atoms with Crippen LogP contribution in [0, 0.1) is 22.9 Å². The van der Waals surface area contributed by atoms with E-state index in [0.29, 0.717) is 37.4 Å². The standard InChI is InChI=1S/C21H22FN3O5/c1-14-17(22)12-15(13-18(14)25(28)29)20(26)23-8-5-9-24(11-10-23)21(27)16-6-3-4-7-19(16)30-2/h3-4,6-7,12-13H,5,8-11H2,1-2H3. The number of benzene rings is 2. The molecule has 8 nitrogen and oxygen atoms in total. The third-order valence-corrected chi connectivity index (χ3v) is 5.17. The molecule has 0 bridgehead atoms. The van der Waals surface area contributed by atoms with Gasteiger partial charge in [-0.2, -0.15) is 0 Å². The Kier molecular flexibility index (Phi) is 6.29. The van der Waals surface area contributed by atoms with E-state index in [1.165, 1.54) is 18.9 Å². The van der Waals surface area contributed by atoms with Crippen LogP contribution in [0.5, 0.6) is 5.75 Å². The Morgan fingerprint density at radius 1 is 1.07 bits per heavy atom. The van der Waals surface area contributed by atoms with E-state index in [1.54, 1.807) is 29.2 Å². The minimum absolute atomic E-state index is 0.0747. The van der Waals surface area contributed by atoms with Gasteiger partial charge in [-0.1, -0.05) is 12.1 Å². The zero-order chi connectivity index (χ0) is 21.8. The summed E-state index contributed by atoms with van der Waals surface area (Å²) in [4.78, 5) is 39.3. The van der Waals surface area contributed by atoms with E-state index >= 15 is 0 Å². The highest BCUT2D eigenvalue weighted by Gasteiger charge is 2.27. The second-order valence-corrected chi connectivity index (χ2v) is 7.00. The Labute approximate surface area is 173 Å². The first-order valence-corrected chi connectivity index (χ1v) is 9.49. The van der Waals surface area contributed by atoms with Crippen LogP contribution >= 0.6 is 0 Å². The molecule has 0 N–H and O–H groups in total. The fraction of sp³-hybridized carbons (Fsp3) is 0.333. The Balaban J connectivity index is 1.76. The molecule has 0 aromatic heterocycles. The van der Waals surface area contributed by atoms with Crippen LogP contribution in [0.4, 0.5) is 10.1 Å². The molecule has 158 valence electrons. The predicted octanol–water partition coefficient (Wildman–Crippen LogP) is 3.04. The fourth-order valence-corrected chi connectivity index (χ4v) is 3.48. The smallest absolute Gasteiger partial charge is 0.276 e. The van der Waals surface area contributed by atoms with Gasteiger partial charge in [0.05, 0.1) is 23.2 Å². The number of nitro groups is 1. The molecular weight excluding hydrogens is 393 g/mol. The lowest BCUT2D eigenvalue weighted by Crippen LogP contribution is -2.37. The highest BCUT2D eigenvalue weighted by Crippen LogP contribution is 2.24. The van der Waals surface area contributed by atoms with E-state index in [2.05, 4.69) is 0 Å². The largest absolute Gasteiger partial charge is 0.496 e. The van der Waals surface area contributed by atoms with Crippen molar-refractivity contribution < 1.29 is 23.6 Å². The first-order valence-electron chi connectivity index (χ1n) is 9.49. The molecule has 1 saturated heterocycles. The number of ether oxygens (including phenoxy) is 1. The van der Waals surface area contributed by atoms with Crippen molar-refractivity contribution in [1.82, 2.24) is 9.80 Å². The monoisotopic (exact) mass is 415 g/mol. The number of amides is 2. The lowest BCUT2D eigenvalue weighted by molar-refractivity contribution is -0.385. The third kappa shape index (κ3) is 4.24. The van der Waals surface area contributed by atoms with Crippen LogP contribution in [-0.2, 0) is 0 Å². The molecule has 3 rings (SSSR count). The average Bonchev–Trinajstić information content (AvgIpc) is 3.00. The van der Waals surface area contributed by atoms with Gasteiger partial charge in [0.25, 0.3) is 17.5 Å². The number of halogens is 1. The second kappa shape index (κ2) is 8.89. The minimum atomic E-state index is -0.796. The van der Waals surface area contributed by atoms with Crippen LogP contribution in [0.25, 0.3) is 0 Å². The van der Waals surface area contributed by atoms with Gasteiger partial charge in [-0.3, -0.25) is 19.7 Å². The molecule has 9 heteroatoms. The van der Waals surface area contributed by atoms with Gasteiger partial charge < -0.3 is 14.5 Å². The molecule has 0 atom stereocenters. The van der Waals surface area contributed by atoms with Gasteiger partial charge in [0, 0.05) is 37.8 Å². The molecule has 1 fully saturated rings. The molecule has 0 radical (unpaired) electrons. The Bertz CT molecular complexity index is 995. The highest BCUT2D eigenvalue weighted by molar-refractivity contribution is 5.97. The second-order valence-electron chi connectivity index (χ2n) is 7.00. The molecule has 30 heavy (non-hydrogen) atoms. The van der Waals surface area contributed by atoms with Crippen LogP contribution in [0.15, 0.2) is 36.4 Å². The molecule has 2 amide bonds. The summed E-state index contributed by atoms with van der Waals surface area (Å²) < 4.78 is 19.3. The van der Waals surface area contributed by atoms with Crippen LogP contribution in [0.3, 0.4) is 0 Å². The number of para-hydroxylation sites is 1. The fourth-order valence-electron chi connectivity index (χ4n) is 3.48. The van der Waals surface area contributed by atoms with Crippen LogP contribution in [-0.4, -0.2) is 59.8 Å². The molecule has 2 aromatic rings. The van der Waals surface area contributed by atoms with Gasteiger partial charge >= 0.3 is 0 Å². The Hall–Kier alpha value is -3.49. The van der Waals surface area contributed by atoms with E-state index in [1.807, 2.05) is 0 Å². The van der Waals surface area contributed by atoms with Gasteiger partial charge in [0.1, 0.15) is 11.6 Å². The molecule has 2 aromatic carbocycles. The summed E-state index contributed by atoms with van der Waals surface area (Å²) in [5, 5.41) is 11.1. The molecule has 0 saturated carbocycles. The maximum Gasteiger partial charge on any atom is 0.276 e. The first-order chi connectivity index (χ1) is 14.3. The van der Waals surface area contributed by atoms with Crippen molar-refractivity contribution in [3.8, 4) is 5.75 Å². The maximum absolute atomic E-state index is 14.1. The number of hydrogen-bond donors (Lipinski definition) is 0. The molecule has 1 aliphatic rings. The molecule has 0 aliphatic carbocycles. The van der Waals surface area contributed by atoms with Gasteiger partial charge in [-0.25, -0.2) is 4.39 Å². The highest BCUT2D eigenvalue weighted by atomic mass is 19.1. The molecular formula is C21H22FN3O5. The summed E-state index contributed by atoms with van der Waals surface area (Å²) in [6, 6.07) is 9.04. The van der Waals surface area contributed by atoms with Crippen molar-refractivity contribution in [3.63, 3.8) is 0 Å². The van der Waals surface area contributed by atoms with Crippen LogP contribution in [0.1, 0.15) is 32.7 Å². The number of nitrogens with zero attached hydrogens (tertiary/aromatic N) is 3. The lowest BCUT2D eigenvalue weighted by Gasteiger charge is -2.23. The summed E-state index contributed by atoms with van der Waals surface area (Å²) >= 11 is 0. The number of methoxy groups -OCH3 is 1. The topological polar surface area (TPSA) is 93.0 Å². The van der Waals surface area contributed by atoms with E-state index in [4.69, 9.17) is 4.74 Å². The van der Waals surface area contributed by atoms with E-state index < -0.39 is 22.3 Å². The van der Waals surface area contributed by atoms with Crippen LogP contribution in [0.2, 0.25) is 0 Å². The molecule has 1 aliphatic heterocycles. The summed E-state index contributed by atoms with van der Waals surface area (Å²) in [5.74, 6) is -1.01. The van der Waals surface area contributed by atoms with Gasteiger partial charge in [-0.15, -0.1) is 0 Å². The molecule has 0 spiro atoms. The van der Waals surface area contributed by atoms with Crippen molar-refractivity contribution in [3.05, 3.63) is 69.0 Å². The predicted molar refractivity (Wildman–Crippen MR) is 107 cm³/mol. The Morgan fingerprint density at radius 3 is 2.33 bits per heavy atom. The normalized spacial score (nSPS) is 14.2. The summed E-state index contributed by atoms with van der Waals surface area (Å²) in [6.45, 7) is 2.64. The van der Waals surface area contributed by atoms with Crippen molar-refractivity contribution in [2.45, 2.75) is 13.3 Å². The third-order valence-electron chi connectivity index (χ3n) is 5.17. The SMILES string of the molecule is COc1ccccc1C(=O)N1CCCN(C(=O)c2cc(F)c(C)c([N+](=O)[O-])c2)CC1. The average molecular weight is 415 g/mol. The van der Waals surface area contributed by atoms with Crippen molar-refractivity contribution >= 4 is 17.5 Å². The molecule has 1 heterocycles. The van der Waals surface area contributed by atoms with Gasteiger partial charge in [-0.05, 0) is 31.5 Å². The number of rotatable bonds is 4. The maximum atomic E-state index is 14.1. The summed E-state index contributed by atoms with van der Waals surface area (Å²) in [5.41, 5.74) is -0.174. The Morgan fingerprint density at radius 2 is 1.70 bits per heavy atom. The summed E-state index contributed by atoms with van der Waals surface area (Å²) in [6.07, 6.45) is 0.531. The minimum Gasteiger partial charge on any atom is -0.496 e. The van der Waals surface area contributed by atoms with E-state index in [-0.39, 0.29) is 23.6 Å². The number of carbonyl (C=O) groups excluding carboxylic acids is 2. The molecule has 0 unspecified atom stereocenters. The van der Waals surface area contributed by atoms with Crippen molar-refractivity contribution in [2.75, 3.05) is 33.3 Å². The van der Waals surface area contributed by atoms with Gasteiger partial charge in [0.15, 0.2) is 0 Å². The number of carbonyl (C=O) groups is 2. The van der Waals surface area contributed by atoms with Gasteiger partial charge in [0.2, 0.25) is 0 Å². The zero-order valence-corrected chi connectivity index (χ0v) is 16.8. The van der Waals surface area contributed by atoms with E-state index in [0.717, 1.165) is 12.1 Å². The quantitative estimate of drug-likeness (QED) is 0.565. The number of hydrogen-bond acceptors (Lipinski definition) is 5. The first kappa shape index (κ1) is 21.2.